The number of methoxy groups -OCH3 is 2. The van der Waals surface area contributed by atoms with Crippen LogP contribution in [-0.4, -0.2) is 59.5 Å². The van der Waals surface area contributed by atoms with Crippen LogP contribution in [0, 0.1) is 20.2 Å². The Morgan fingerprint density at radius 2 is 1.18 bits per heavy atom. The number of hydrogen-bond donors (Lipinski definition) is 2. The van der Waals surface area contributed by atoms with E-state index in [9.17, 15) is 39.4 Å². The lowest BCUT2D eigenvalue weighted by Crippen LogP contribution is -2.33. The second-order valence-corrected chi connectivity index (χ2v) is 12.5. The number of hydrogen-bond acceptors (Lipinski definition) is 14. The van der Waals surface area contributed by atoms with Crippen molar-refractivity contribution in [3.63, 3.8) is 0 Å². The molecule has 0 radical (unpaired) electrons. The van der Waals surface area contributed by atoms with Gasteiger partial charge in [0.1, 0.15) is 0 Å². The molecule has 2 aliphatic rings. The molecule has 0 aromatic heterocycles. The number of carbonyl (C=O) groups excluding carboxylic acids is 4. The quantitative estimate of drug-likeness (QED) is 0.104. The summed E-state index contributed by atoms with van der Waals surface area (Å²) in [4.78, 5) is 72.0. The summed E-state index contributed by atoms with van der Waals surface area (Å²) in [7, 11) is 2.42. The molecule has 294 valence electrons. The third kappa shape index (κ3) is 10.1. The number of nitro groups is 2. The molecule has 0 fully saturated rings. The molecule has 2 heterocycles. The minimum absolute atomic E-state index is 0. The van der Waals surface area contributed by atoms with E-state index in [2.05, 4.69) is 17.2 Å². The third-order valence-electron chi connectivity index (χ3n) is 8.24. The summed E-state index contributed by atoms with van der Waals surface area (Å²) in [5, 5.41) is 28.7. The summed E-state index contributed by atoms with van der Waals surface area (Å²) >= 11 is 0. The summed E-state index contributed by atoms with van der Waals surface area (Å²) in [5.74, 6) is -4.34. The molecule has 17 nitrogen and oxygen atoms in total. The number of nitrogens with zero attached hydrogens (tertiary/aromatic N) is 2. The standard InChI is InChI=1S/C21H24N2O6.C17H18N2O6.H2O/c1-11(2)28-20(24)17-13(5)22-14(6)18(21(25)29-12(3)4)19(17)15-8-7-9-16(10-15)23(26)27;1-9-13(16(20)24-3)15(14(10(2)18-9)17(21)25-4)11-7-5-6-8-12(11)19(22)23;/h7-10,12,19,22H,1H2,2-6H3;5-8,15,18H,1-4H3;1H2. The molecule has 2 aliphatic heterocycles. The monoisotopic (exact) mass is 764 g/mol. The van der Waals surface area contributed by atoms with E-state index in [4.69, 9.17) is 18.9 Å². The highest BCUT2D eigenvalue weighted by molar-refractivity contribution is 6.01. The van der Waals surface area contributed by atoms with Crippen LogP contribution in [0.25, 0.3) is 0 Å². The van der Waals surface area contributed by atoms with Gasteiger partial charge >= 0.3 is 23.9 Å². The molecule has 2 aromatic rings. The number of allylic oxidation sites excluding steroid dienone is 5. The number of esters is 4. The van der Waals surface area contributed by atoms with Gasteiger partial charge in [-0.1, -0.05) is 36.9 Å². The Kier molecular flexibility index (Phi) is 15.3. The predicted octanol–water partition coefficient (Wildman–Crippen LogP) is 5.21. The number of nitrogens with one attached hydrogen (secondary N) is 2. The molecular formula is C38H44N4O13. The van der Waals surface area contributed by atoms with E-state index in [1.165, 1.54) is 57.5 Å². The van der Waals surface area contributed by atoms with Gasteiger partial charge in [-0.15, -0.1) is 0 Å². The van der Waals surface area contributed by atoms with Crippen LogP contribution in [-0.2, 0) is 38.1 Å². The topological polar surface area (TPSA) is 247 Å². The van der Waals surface area contributed by atoms with E-state index in [1.54, 1.807) is 53.7 Å². The molecule has 0 aliphatic carbocycles. The lowest BCUT2D eigenvalue weighted by molar-refractivity contribution is -0.385. The molecule has 0 saturated heterocycles. The summed E-state index contributed by atoms with van der Waals surface area (Å²) in [6.07, 6.45) is -0.383. The highest BCUT2D eigenvalue weighted by Crippen LogP contribution is 2.43. The van der Waals surface area contributed by atoms with Crippen LogP contribution in [0.4, 0.5) is 11.4 Å². The number of benzene rings is 2. The number of rotatable bonds is 10. The van der Waals surface area contributed by atoms with Crippen LogP contribution in [0.1, 0.15) is 71.4 Å². The van der Waals surface area contributed by atoms with E-state index >= 15 is 0 Å². The first-order valence-electron chi connectivity index (χ1n) is 16.5. The molecule has 2 aromatic carbocycles. The summed E-state index contributed by atoms with van der Waals surface area (Å²) in [5.41, 5.74) is 2.78. The highest BCUT2D eigenvalue weighted by Gasteiger charge is 2.41. The van der Waals surface area contributed by atoms with Gasteiger partial charge < -0.3 is 35.1 Å². The number of carbonyl (C=O) groups is 4. The van der Waals surface area contributed by atoms with E-state index in [0.29, 0.717) is 28.4 Å². The first-order valence-corrected chi connectivity index (χ1v) is 16.5. The smallest absolute Gasteiger partial charge is 0.341 e. The number of nitro benzene ring substituents is 2. The van der Waals surface area contributed by atoms with Gasteiger partial charge in [-0.3, -0.25) is 20.2 Å². The molecule has 55 heavy (non-hydrogen) atoms. The SMILES string of the molecule is C=C(C)OC(=O)C1=C(C)NC(C)=C(C(=O)OC(C)C)C1c1cccc([N+](=O)[O-])c1.COC(=O)C1=C(C)NC(C)=C(C(=O)OC)C1c1ccccc1[N+](=O)[O-].O. The zero-order valence-corrected chi connectivity index (χ0v) is 31.9. The van der Waals surface area contributed by atoms with E-state index < -0.39 is 45.6 Å². The molecule has 17 heteroatoms. The Hall–Kier alpha value is -6.62. The normalized spacial score (nSPS) is 15.4. The summed E-state index contributed by atoms with van der Waals surface area (Å²) in [6, 6.07) is 11.8. The van der Waals surface area contributed by atoms with Crippen LogP contribution >= 0.6 is 0 Å². The fourth-order valence-electron chi connectivity index (χ4n) is 6.14. The third-order valence-corrected chi connectivity index (χ3v) is 8.24. The molecule has 1 unspecified atom stereocenters. The van der Waals surface area contributed by atoms with Crippen molar-refractivity contribution in [2.75, 3.05) is 14.2 Å². The van der Waals surface area contributed by atoms with Gasteiger partial charge in [0.2, 0.25) is 0 Å². The van der Waals surface area contributed by atoms with Crippen molar-refractivity contribution in [3.8, 4) is 0 Å². The van der Waals surface area contributed by atoms with Gasteiger partial charge in [0.15, 0.2) is 0 Å². The van der Waals surface area contributed by atoms with Gasteiger partial charge in [-0.2, -0.15) is 0 Å². The minimum atomic E-state index is -0.970. The molecule has 1 atom stereocenters. The van der Waals surface area contributed by atoms with Gasteiger partial charge in [0.25, 0.3) is 11.4 Å². The molecule has 4 rings (SSSR count). The first-order chi connectivity index (χ1) is 25.4. The number of dihydropyridines is 2. The van der Waals surface area contributed by atoms with Crippen LogP contribution in [0.15, 0.2) is 106 Å². The zero-order valence-electron chi connectivity index (χ0n) is 31.9. The molecule has 0 spiro atoms. The molecule has 0 bridgehead atoms. The Labute approximate surface area is 317 Å². The van der Waals surface area contributed by atoms with E-state index in [-0.39, 0.29) is 56.6 Å². The van der Waals surface area contributed by atoms with Crippen molar-refractivity contribution < 1.29 is 53.4 Å². The second kappa shape index (κ2) is 18.9. The Morgan fingerprint density at radius 3 is 1.62 bits per heavy atom. The highest BCUT2D eigenvalue weighted by atomic mass is 16.6. The van der Waals surface area contributed by atoms with Gasteiger partial charge in [-0.25, -0.2) is 19.2 Å². The maximum atomic E-state index is 12.9. The Morgan fingerprint density at radius 1 is 0.709 bits per heavy atom. The van der Waals surface area contributed by atoms with Crippen LogP contribution in [0.3, 0.4) is 0 Å². The fraction of sp³-hybridized carbons (Fsp3) is 0.316. The van der Waals surface area contributed by atoms with Gasteiger partial charge in [0, 0.05) is 46.6 Å². The van der Waals surface area contributed by atoms with Crippen LogP contribution in [0.5, 0.6) is 0 Å². The predicted molar refractivity (Wildman–Crippen MR) is 199 cm³/mol. The minimum Gasteiger partial charge on any atom is -0.466 e. The van der Waals surface area contributed by atoms with E-state index in [1.807, 2.05) is 0 Å². The largest absolute Gasteiger partial charge is 0.466 e. The maximum Gasteiger partial charge on any atom is 0.341 e. The molecule has 4 N–H and O–H groups in total. The Bertz CT molecular complexity index is 2000. The van der Waals surface area contributed by atoms with Gasteiger partial charge in [-0.05, 0) is 54.0 Å². The molecule has 0 amide bonds. The van der Waals surface area contributed by atoms with Crippen molar-refractivity contribution in [1.29, 1.82) is 0 Å². The summed E-state index contributed by atoms with van der Waals surface area (Å²) < 4.78 is 20.2. The molecular weight excluding hydrogens is 720 g/mol. The average Bonchev–Trinajstić information content (AvgIpc) is 3.09. The lowest BCUT2D eigenvalue weighted by atomic mass is 9.79. The van der Waals surface area contributed by atoms with Crippen molar-refractivity contribution in [1.82, 2.24) is 10.6 Å². The average molecular weight is 765 g/mol. The number of non-ortho nitro benzene ring substituents is 1. The Balaban J connectivity index is 0.000000377. The maximum absolute atomic E-state index is 12.9. The summed E-state index contributed by atoms with van der Waals surface area (Å²) in [6.45, 7) is 15.2. The van der Waals surface area contributed by atoms with Crippen molar-refractivity contribution in [2.24, 2.45) is 0 Å². The van der Waals surface area contributed by atoms with Crippen LogP contribution in [0.2, 0.25) is 0 Å². The van der Waals surface area contributed by atoms with Gasteiger partial charge in [0.05, 0.1) is 70.1 Å². The van der Waals surface area contributed by atoms with E-state index in [0.717, 1.165) is 0 Å². The fourth-order valence-corrected chi connectivity index (χ4v) is 6.14. The second-order valence-electron chi connectivity index (χ2n) is 12.5. The number of ether oxygens (including phenoxy) is 4. The van der Waals surface area contributed by atoms with Crippen LogP contribution < -0.4 is 10.6 Å². The molecule has 0 saturated carbocycles. The zero-order chi connectivity index (χ0) is 40.6. The van der Waals surface area contributed by atoms with Crippen molar-refractivity contribution in [3.05, 3.63) is 137 Å². The lowest BCUT2D eigenvalue weighted by Gasteiger charge is -2.30. The van der Waals surface area contributed by atoms with Crippen molar-refractivity contribution in [2.45, 2.75) is 66.4 Å². The van der Waals surface area contributed by atoms with Crippen molar-refractivity contribution >= 4 is 35.3 Å². The first kappa shape index (κ1) is 44.5. The number of para-hydroxylation sites is 1.